The zero-order valence-electron chi connectivity index (χ0n) is 12.4. The maximum absolute atomic E-state index is 11.8. The molecule has 0 radical (unpaired) electrons. The highest BCUT2D eigenvalue weighted by Gasteiger charge is 2.20. The van der Waals surface area contributed by atoms with Gasteiger partial charge < -0.3 is 5.32 Å². The van der Waals surface area contributed by atoms with Crippen molar-refractivity contribution in [2.45, 2.75) is 56.9 Å². The van der Waals surface area contributed by atoms with Gasteiger partial charge in [0, 0.05) is 11.7 Å². The first-order chi connectivity index (χ1) is 9.55. The van der Waals surface area contributed by atoms with E-state index in [1.165, 1.54) is 32.1 Å². The molecule has 0 bridgehead atoms. The van der Waals surface area contributed by atoms with Crippen LogP contribution in [0.3, 0.4) is 0 Å². The third-order valence-corrected chi connectivity index (χ3v) is 6.07. The van der Waals surface area contributed by atoms with Crippen molar-refractivity contribution in [3.63, 3.8) is 0 Å². The highest BCUT2D eigenvalue weighted by atomic mass is 32.2. The molecule has 1 N–H and O–H groups in total. The molecule has 1 saturated carbocycles. The van der Waals surface area contributed by atoms with Gasteiger partial charge in [0.15, 0.2) is 9.84 Å². The van der Waals surface area contributed by atoms with Crippen LogP contribution in [0.5, 0.6) is 0 Å². The fourth-order valence-electron chi connectivity index (χ4n) is 2.95. The Bertz CT molecular complexity index is 522. The van der Waals surface area contributed by atoms with Gasteiger partial charge in [0.05, 0.1) is 10.6 Å². The van der Waals surface area contributed by atoms with Crippen LogP contribution in [0.2, 0.25) is 0 Å². The molecule has 0 aromatic heterocycles. The van der Waals surface area contributed by atoms with E-state index in [0.717, 1.165) is 11.6 Å². The summed E-state index contributed by atoms with van der Waals surface area (Å²) in [6.45, 7) is 3.94. The molecule has 1 aliphatic carbocycles. The Morgan fingerprint density at radius 2 is 1.85 bits per heavy atom. The molecule has 4 heteroatoms. The molecule has 1 aromatic rings. The standard InChI is InChI=1S/C16H25NO2S/c1-3-13-6-5-7-15(12-13)17-14-8-10-16(11-9-14)20(18,19)4-2/h8-11,13,15,17H,3-7,12H2,1-2H3. The lowest BCUT2D eigenvalue weighted by Gasteiger charge is -2.29. The molecule has 0 saturated heterocycles. The highest BCUT2D eigenvalue weighted by Crippen LogP contribution is 2.28. The number of rotatable bonds is 5. The summed E-state index contributed by atoms with van der Waals surface area (Å²) in [5, 5.41) is 3.55. The van der Waals surface area contributed by atoms with Crippen LogP contribution in [0, 0.1) is 5.92 Å². The maximum atomic E-state index is 11.8. The fraction of sp³-hybridized carbons (Fsp3) is 0.625. The molecular weight excluding hydrogens is 270 g/mol. The predicted octanol–water partition coefficient (Wildman–Crippen LogP) is 3.86. The van der Waals surface area contributed by atoms with Crippen molar-refractivity contribution in [2.24, 2.45) is 5.92 Å². The summed E-state index contributed by atoms with van der Waals surface area (Å²) in [7, 11) is -3.09. The van der Waals surface area contributed by atoms with Gasteiger partial charge in [-0.3, -0.25) is 0 Å². The molecule has 2 atom stereocenters. The van der Waals surface area contributed by atoms with Crippen LogP contribution in [0.4, 0.5) is 5.69 Å². The van der Waals surface area contributed by atoms with E-state index in [-0.39, 0.29) is 5.75 Å². The monoisotopic (exact) mass is 295 g/mol. The third kappa shape index (κ3) is 3.75. The van der Waals surface area contributed by atoms with E-state index in [9.17, 15) is 8.42 Å². The summed E-state index contributed by atoms with van der Waals surface area (Å²) >= 11 is 0. The van der Waals surface area contributed by atoms with Crippen molar-refractivity contribution in [2.75, 3.05) is 11.1 Å². The molecule has 2 rings (SSSR count). The molecule has 0 aliphatic heterocycles. The van der Waals surface area contributed by atoms with E-state index in [4.69, 9.17) is 0 Å². The highest BCUT2D eigenvalue weighted by molar-refractivity contribution is 7.91. The lowest BCUT2D eigenvalue weighted by molar-refractivity contribution is 0.327. The van der Waals surface area contributed by atoms with Gasteiger partial charge in [0.2, 0.25) is 0 Å². The Kier molecular flexibility index (Phi) is 5.08. The summed E-state index contributed by atoms with van der Waals surface area (Å²) in [6.07, 6.45) is 6.34. The number of hydrogen-bond donors (Lipinski definition) is 1. The smallest absolute Gasteiger partial charge is 0.178 e. The quantitative estimate of drug-likeness (QED) is 0.897. The molecule has 1 fully saturated rings. The average molecular weight is 295 g/mol. The molecule has 0 heterocycles. The number of benzene rings is 1. The number of hydrogen-bond acceptors (Lipinski definition) is 3. The van der Waals surface area contributed by atoms with Gasteiger partial charge in [-0.05, 0) is 43.0 Å². The minimum atomic E-state index is -3.09. The number of anilines is 1. The van der Waals surface area contributed by atoms with Gasteiger partial charge in [0.25, 0.3) is 0 Å². The van der Waals surface area contributed by atoms with Crippen LogP contribution in [0.15, 0.2) is 29.2 Å². The Hall–Kier alpha value is -1.03. The van der Waals surface area contributed by atoms with Gasteiger partial charge in [-0.25, -0.2) is 8.42 Å². The first-order valence-electron chi connectivity index (χ1n) is 7.64. The molecule has 20 heavy (non-hydrogen) atoms. The van der Waals surface area contributed by atoms with E-state index >= 15 is 0 Å². The van der Waals surface area contributed by atoms with E-state index in [1.54, 1.807) is 19.1 Å². The summed E-state index contributed by atoms with van der Waals surface area (Å²) < 4.78 is 23.5. The normalized spacial score (nSPS) is 23.5. The maximum Gasteiger partial charge on any atom is 0.178 e. The summed E-state index contributed by atoms with van der Waals surface area (Å²) in [5.74, 6) is 0.988. The average Bonchev–Trinajstić information content (AvgIpc) is 2.48. The number of nitrogens with one attached hydrogen (secondary N) is 1. The van der Waals surface area contributed by atoms with Crippen molar-refractivity contribution in [1.29, 1.82) is 0 Å². The Balaban J connectivity index is 2.00. The topological polar surface area (TPSA) is 46.2 Å². The van der Waals surface area contributed by atoms with E-state index in [2.05, 4.69) is 12.2 Å². The molecule has 1 aliphatic rings. The second-order valence-electron chi connectivity index (χ2n) is 5.71. The van der Waals surface area contributed by atoms with Gasteiger partial charge >= 0.3 is 0 Å². The largest absolute Gasteiger partial charge is 0.382 e. The zero-order chi connectivity index (χ0) is 14.6. The molecule has 0 spiro atoms. The van der Waals surface area contributed by atoms with Crippen molar-refractivity contribution in [3.05, 3.63) is 24.3 Å². The fourth-order valence-corrected chi connectivity index (χ4v) is 3.84. The number of sulfone groups is 1. The van der Waals surface area contributed by atoms with Crippen molar-refractivity contribution >= 4 is 15.5 Å². The van der Waals surface area contributed by atoms with Crippen LogP contribution in [-0.4, -0.2) is 20.2 Å². The predicted molar refractivity (Wildman–Crippen MR) is 83.8 cm³/mol. The Labute approximate surface area is 122 Å². The first-order valence-corrected chi connectivity index (χ1v) is 9.29. The van der Waals surface area contributed by atoms with E-state index in [0.29, 0.717) is 10.9 Å². The molecule has 0 amide bonds. The summed E-state index contributed by atoms with van der Waals surface area (Å²) in [5.41, 5.74) is 1.03. The first kappa shape index (κ1) is 15.4. The van der Waals surface area contributed by atoms with Crippen LogP contribution in [0.1, 0.15) is 46.0 Å². The van der Waals surface area contributed by atoms with Gasteiger partial charge in [-0.15, -0.1) is 0 Å². The second kappa shape index (κ2) is 6.61. The minimum Gasteiger partial charge on any atom is -0.382 e. The van der Waals surface area contributed by atoms with Gasteiger partial charge in [-0.2, -0.15) is 0 Å². The van der Waals surface area contributed by atoms with Crippen molar-refractivity contribution < 1.29 is 8.42 Å². The summed E-state index contributed by atoms with van der Waals surface area (Å²) in [6, 6.07) is 7.72. The van der Waals surface area contributed by atoms with Gasteiger partial charge in [-0.1, -0.05) is 33.1 Å². The van der Waals surface area contributed by atoms with Gasteiger partial charge in [0.1, 0.15) is 0 Å². The molecular formula is C16H25NO2S. The van der Waals surface area contributed by atoms with E-state index < -0.39 is 9.84 Å². The lowest BCUT2D eigenvalue weighted by atomic mass is 9.84. The van der Waals surface area contributed by atoms with Crippen LogP contribution in [0.25, 0.3) is 0 Å². The second-order valence-corrected chi connectivity index (χ2v) is 7.99. The molecule has 112 valence electrons. The van der Waals surface area contributed by atoms with Crippen molar-refractivity contribution in [1.82, 2.24) is 0 Å². The lowest BCUT2D eigenvalue weighted by Crippen LogP contribution is -2.27. The molecule has 1 aromatic carbocycles. The molecule has 3 nitrogen and oxygen atoms in total. The minimum absolute atomic E-state index is 0.153. The summed E-state index contributed by atoms with van der Waals surface area (Å²) in [4.78, 5) is 0.417. The van der Waals surface area contributed by atoms with E-state index in [1.807, 2.05) is 12.1 Å². The van der Waals surface area contributed by atoms with Crippen molar-refractivity contribution in [3.8, 4) is 0 Å². The zero-order valence-corrected chi connectivity index (χ0v) is 13.2. The Morgan fingerprint density at radius 3 is 2.45 bits per heavy atom. The van der Waals surface area contributed by atoms with Crippen LogP contribution < -0.4 is 5.32 Å². The third-order valence-electron chi connectivity index (χ3n) is 4.32. The van der Waals surface area contributed by atoms with Crippen LogP contribution in [-0.2, 0) is 9.84 Å². The molecule has 2 unspecified atom stereocenters. The SMILES string of the molecule is CCC1CCCC(Nc2ccc(S(=O)(=O)CC)cc2)C1. The van der Waals surface area contributed by atoms with Crippen LogP contribution >= 0.6 is 0 Å². The Morgan fingerprint density at radius 1 is 1.15 bits per heavy atom.